The van der Waals surface area contributed by atoms with Crippen LogP contribution in [0.25, 0.3) is 33.2 Å². The number of rotatable bonds is 2. The van der Waals surface area contributed by atoms with Crippen LogP contribution in [-0.2, 0) is 13.1 Å². The summed E-state index contributed by atoms with van der Waals surface area (Å²) in [4.78, 5) is 36.3. The number of fused-ring (bicyclic) bond motifs is 3. The molecular formula is C25H27N5O3. The second-order valence-corrected chi connectivity index (χ2v) is 9.09. The van der Waals surface area contributed by atoms with Crippen LogP contribution in [0.3, 0.4) is 0 Å². The third-order valence-electron chi connectivity index (χ3n) is 6.75. The Morgan fingerprint density at radius 1 is 1.00 bits per heavy atom. The van der Waals surface area contributed by atoms with Gasteiger partial charge in [-0.25, -0.2) is 4.98 Å². The zero-order chi connectivity index (χ0) is 22.4. The second kappa shape index (κ2) is 8.19. The smallest absolute Gasteiger partial charge is 0.275 e. The third kappa shape index (κ3) is 3.64. The Bertz CT molecular complexity index is 1460. The van der Waals surface area contributed by atoms with Crippen LogP contribution in [0, 0.1) is 0 Å². The minimum atomic E-state index is -0.278. The first kappa shape index (κ1) is 20.2. The van der Waals surface area contributed by atoms with Gasteiger partial charge in [-0.15, -0.1) is 0 Å². The van der Waals surface area contributed by atoms with E-state index in [9.17, 15) is 9.59 Å². The number of benzene rings is 2. The van der Waals surface area contributed by atoms with Crippen LogP contribution < -0.4 is 15.9 Å². The molecule has 2 aromatic carbocycles. The highest BCUT2D eigenvalue weighted by Gasteiger charge is 2.19. The van der Waals surface area contributed by atoms with Crippen LogP contribution in [-0.4, -0.2) is 44.3 Å². The molecule has 2 aliphatic rings. The van der Waals surface area contributed by atoms with Gasteiger partial charge in [0.1, 0.15) is 17.0 Å². The normalized spacial score (nSPS) is 17.1. The Balaban J connectivity index is 1.55. The summed E-state index contributed by atoms with van der Waals surface area (Å²) in [5.74, 6) is 0.703. The van der Waals surface area contributed by atoms with E-state index in [1.807, 2.05) is 12.1 Å². The first-order valence-corrected chi connectivity index (χ1v) is 11.8. The van der Waals surface area contributed by atoms with Gasteiger partial charge in [-0.05, 0) is 69.0 Å². The number of para-hydroxylation sites is 1. The highest BCUT2D eigenvalue weighted by molar-refractivity contribution is 5.93. The number of likely N-dealkylation sites (tertiary alicyclic amines) is 1. The lowest BCUT2D eigenvalue weighted by molar-refractivity contribution is 0.303. The lowest BCUT2D eigenvalue weighted by Gasteiger charge is -2.17. The molecule has 6 rings (SSSR count). The molecule has 8 nitrogen and oxygen atoms in total. The van der Waals surface area contributed by atoms with Gasteiger partial charge in [0.05, 0.1) is 23.0 Å². The topological polar surface area (TPSA) is 96.0 Å². The summed E-state index contributed by atoms with van der Waals surface area (Å²) in [6.07, 6.45) is 5.17. The molecule has 2 N–H and O–H groups in total. The average molecular weight is 446 g/mol. The standard InChI is InChI=1S/C25H27N5O3/c31-24-22-17-7-6-8-18-21(17)28-30(25(18)32)11-2-1-5-12-33-20-14-16(15-29-9-3-4-10-29)13-19(26-24)23(20)27-22/h6-8,13-14,28H,1-5,9-12,15H2,(H,26,31). The maximum atomic E-state index is 13.2. The molecule has 2 aliphatic heterocycles. The molecule has 4 aromatic rings. The summed E-state index contributed by atoms with van der Waals surface area (Å²) in [7, 11) is 0. The van der Waals surface area contributed by atoms with Crippen molar-refractivity contribution < 1.29 is 4.74 Å². The molecule has 8 heteroatoms. The van der Waals surface area contributed by atoms with E-state index >= 15 is 0 Å². The van der Waals surface area contributed by atoms with E-state index in [1.165, 1.54) is 12.8 Å². The fraction of sp³-hybridized carbons (Fsp3) is 0.400. The van der Waals surface area contributed by atoms with Crippen LogP contribution in [0.1, 0.15) is 37.7 Å². The van der Waals surface area contributed by atoms with E-state index in [-0.39, 0.29) is 16.8 Å². The largest absolute Gasteiger partial charge is 0.491 e. The van der Waals surface area contributed by atoms with E-state index < -0.39 is 0 Å². The predicted octanol–water partition coefficient (Wildman–Crippen LogP) is 3.39. The molecule has 170 valence electrons. The van der Waals surface area contributed by atoms with Crippen LogP contribution in [0.5, 0.6) is 5.75 Å². The molecule has 1 fully saturated rings. The van der Waals surface area contributed by atoms with Crippen LogP contribution in [0.2, 0.25) is 0 Å². The van der Waals surface area contributed by atoms with Gasteiger partial charge in [0, 0.05) is 18.7 Å². The van der Waals surface area contributed by atoms with Gasteiger partial charge in [-0.2, -0.15) is 0 Å². The molecule has 0 radical (unpaired) electrons. The number of hydrogen-bond acceptors (Lipinski definition) is 5. The van der Waals surface area contributed by atoms with Crippen molar-refractivity contribution in [1.29, 1.82) is 0 Å². The first-order valence-electron chi connectivity index (χ1n) is 11.8. The highest BCUT2D eigenvalue weighted by Crippen LogP contribution is 2.29. The molecule has 4 heterocycles. The summed E-state index contributed by atoms with van der Waals surface area (Å²) in [6.45, 7) is 4.21. The molecule has 0 amide bonds. The predicted molar refractivity (Wildman–Crippen MR) is 128 cm³/mol. The maximum Gasteiger partial charge on any atom is 0.275 e. The average Bonchev–Trinajstić information content (AvgIpc) is 3.43. The molecule has 4 bridgehead atoms. The third-order valence-corrected chi connectivity index (χ3v) is 6.75. The molecule has 0 atom stereocenters. The van der Waals surface area contributed by atoms with Crippen LogP contribution >= 0.6 is 0 Å². The van der Waals surface area contributed by atoms with E-state index in [0.717, 1.165) is 44.5 Å². The van der Waals surface area contributed by atoms with Crippen molar-refractivity contribution in [2.45, 2.75) is 45.2 Å². The zero-order valence-electron chi connectivity index (χ0n) is 18.5. The number of aromatic amines is 2. The monoisotopic (exact) mass is 445 g/mol. The molecule has 0 spiro atoms. The van der Waals surface area contributed by atoms with Crippen molar-refractivity contribution >= 4 is 21.9 Å². The zero-order valence-corrected chi connectivity index (χ0v) is 18.5. The van der Waals surface area contributed by atoms with E-state index in [2.05, 4.69) is 21.0 Å². The summed E-state index contributed by atoms with van der Waals surface area (Å²) in [6, 6.07) is 9.51. The Morgan fingerprint density at radius 3 is 2.73 bits per heavy atom. The molecule has 1 saturated heterocycles. The second-order valence-electron chi connectivity index (χ2n) is 9.09. The lowest BCUT2D eigenvalue weighted by Crippen LogP contribution is -2.19. The maximum absolute atomic E-state index is 13.2. The lowest BCUT2D eigenvalue weighted by atomic mass is 10.1. The number of nitrogens with one attached hydrogen (secondary N) is 2. The molecule has 33 heavy (non-hydrogen) atoms. The highest BCUT2D eigenvalue weighted by atomic mass is 16.5. The minimum absolute atomic E-state index is 0.0672. The Morgan fingerprint density at radius 2 is 1.85 bits per heavy atom. The van der Waals surface area contributed by atoms with Gasteiger partial charge >= 0.3 is 0 Å². The number of aromatic nitrogens is 4. The van der Waals surface area contributed by atoms with E-state index in [1.54, 1.807) is 16.8 Å². The quantitative estimate of drug-likeness (QED) is 0.493. The summed E-state index contributed by atoms with van der Waals surface area (Å²) < 4.78 is 7.84. The van der Waals surface area contributed by atoms with Crippen molar-refractivity contribution in [3.63, 3.8) is 0 Å². The van der Waals surface area contributed by atoms with Crippen molar-refractivity contribution in [2.24, 2.45) is 0 Å². The molecule has 0 saturated carbocycles. The Kier molecular flexibility index (Phi) is 5.02. The molecular weight excluding hydrogens is 418 g/mol. The summed E-state index contributed by atoms with van der Waals surface area (Å²) in [5.41, 5.74) is 3.65. The number of H-pyrrole nitrogens is 2. The number of nitrogens with zero attached hydrogens (tertiary/aromatic N) is 3. The summed E-state index contributed by atoms with van der Waals surface area (Å²) in [5, 5.41) is 3.79. The number of hydrogen-bond donors (Lipinski definition) is 2. The molecule has 0 aliphatic carbocycles. The van der Waals surface area contributed by atoms with Gasteiger partial charge in [0.2, 0.25) is 0 Å². The van der Waals surface area contributed by atoms with Gasteiger partial charge in [0.25, 0.3) is 11.1 Å². The minimum Gasteiger partial charge on any atom is -0.491 e. The fourth-order valence-electron chi connectivity index (χ4n) is 5.07. The van der Waals surface area contributed by atoms with Gasteiger partial charge < -0.3 is 9.72 Å². The van der Waals surface area contributed by atoms with Crippen LogP contribution in [0.4, 0.5) is 0 Å². The van der Waals surface area contributed by atoms with Crippen LogP contribution in [0.15, 0.2) is 39.9 Å². The Labute approximate surface area is 190 Å². The number of ether oxygens (including phenoxy) is 1. The first-order chi connectivity index (χ1) is 16.2. The SMILES string of the molecule is O=c1[nH]c2cc(CN3CCCC3)cc3c2nc1-c1cccc2c(=O)n([nH]c12)CCCCCO3. The van der Waals surface area contributed by atoms with Crippen molar-refractivity contribution in [3.8, 4) is 17.0 Å². The van der Waals surface area contributed by atoms with E-state index in [4.69, 9.17) is 9.72 Å². The van der Waals surface area contributed by atoms with Gasteiger partial charge in [-0.1, -0.05) is 12.1 Å². The van der Waals surface area contributed by atoms with Gasteiger partial charge in [0.15, 0.2) is 0 Å². The molecule has 2 aromatic heterocycles. The van der Waals surface area contributed by atoms with Crippen molar-refractivity contribution in [1.82, 2.24) is 24.6 Å². The Hall–Kier alpha value is -3.39. The van der Waals surface area contributed by atoms with Gasteiger partial charge in [-0.3, -0.25) is 24.3 Å². The number of aryl methyl sites for hydroxylation is 1. The van der Waals surface area contributed by atoms with E-state index in [0.29, 0.717) is 46.4 Å². The van der Waals surface area contributed by atoms with Crippen molar-refractivity contribution in [2.75, 3.05) is 19.7 Å². The fourth-order valence-corrected chi connectivity index (χ4v) is 5.07. The summed E-state index contributed by atoms with van der Waals surface area (Å²) >= 11 is 0. The molecule has 0 unspecified atom stereocenters. The van der Waals surface area contributed by atoms with Crippen molar-refractivity contribution in [3.05, 3.63) is 56.6 Å².